The summed E-state index contributed by atoms with van der Waals surface area (Å²) < 4.78 is 17.6. The van der Waals surface area contributed by atoms with Crippen molar-refractivity contribution in [2.75, 3.05) is 18.4 Å². The number of aromatic nitrogens is 3. The number of amides is 2. The van der Waals surface area contributed by atoms with E-state index in [4.69, 9.17) is 13.9 Å². The molecule has 190 valence electrons. The third-order valence-corrected chi connectivity index (χ3v) is 6.63. The predicted octanol–water partition coefficient (Wildman–Crippen LogP) is 4.85. The Kier molecular flexibility index (Phi) is 6.87. The number of anilines is 1. The van der Waals surface area contributed by atoms with Crippen LogP contribution in [0.3, 0.4) is 0 Å². The first-order chi connectivity index (χ1) is 17.9. The van der Waals surface area contributed by atoms with E-state index in [1.165, 1.54) is 11.3 Å². The number of likely N-dealkylation sites (N-methyl/N-ethyl adjacent to an activating group) is 1. The third kappa shape index (κ3) is 5.61. The van der Waals surface area contributed by atoms with Crippen LogP contribution in [0, 0.1) is 13.8 Å². The molecule has 0 radical (unpaired) electrons. The minimum Gasteiger partial charge on any atom is -0.480 e. The molecule has 2 aromatic heterocycles. The number of carbonyl (C=O) groups excluding carboxylic acids is 2. The lowest BCUT2D eigenvalue weighted by molar-refractivity contribution is -0.133. The smallest absolute Gasteiger partial charge is 0.263 e. The summed E-state index contributed by atoms with van der Waals surface area (Å²) >= 11 is 1.34. The van der Waals surface area contributed by atoms with Gasteiger partial charge in [-0.1, -0.05) is 0 Å². The standard InChI is InChI=1S/C26H25N5O5S/c1-4-31-10-9-22(25(31)33)36-21-12-18(23(32)28-26-27-15(2)14-37-26)11-20(13-21)35-19-7-5-17(6-8-19)24-30-29-16(3)34-24/h5-8,11-14,22H,4,9-10H2,1-3H3,(H,27,28,32)/t22-/m1/s1. The highest BCUT2D eigenvalue weighted by molar-refractivity contribution is 7.13. The molecule has 0 bridgehead atoms. The van der Waals surface area contributed by atoms with Crippen LogP contribution in [0.2, 0.25) is 0 Å². The van der Waals surface area contributed by atoms with E-state index in [0.29, 0.717) is 59.2 Å². The van der Waals surface area contributed by atoms with Gasteiger partial charge in [0.25, 0.3) is 11.8 Å². The molecule has 1 atom stereocenters. The molecule has 1 aliphatic rings. The molecule has 10 nitrogen and oxygen atoms in total. The summed E-state index contributed by atoms with van der Waals surface area (Å²) in [6, 6.07) is 12.0. The average Bonchev–Trinajstić information content (AvgIpc) is 3.60. The Labute approximate surface area is 217 Å². The zero-order valence-electron chi connectivity index (χ0n) is 20.6. The fraction of sp³-hybridized carbons (Fsp3) is 0.269. The van der Waals surface area contributed by atoms with Crippen molar-refractivity contribution in [3.8, 4) is 28.7 Å². The van der Waals surface area contributed by atoms with Gasteiger partial charge in [-0.25, -0.2) is 4.98 Å². The molecule has 0 unspecified atom stereocenters. The molecule has 1 N–H and O–H groups in total. The van der Waals surface area contributed by atoms with Gasteiger partial charge in [-0.05, 0) is 50.2 Å². The Balaban J connectivity index is 1.39. The molecule has 11 heteroatoms. The molecule has 0 aliphatic carbocycles. The maximum Gasteiger partial charge on any atom is 0.263 e. The summed E-state index contributed by atoms with van der Waals surface area (Å²) in [5.74, 6) is 1.76. The van der Waals surface area contributed by atoms with E-state index in [1.807, 2.05) is 19.2 Å². The van der Waals surface area contributed by atoms with Gasteiger partial charge in [-0.3, -0.25) is 14.9 Å². The molecule has 2 amide bonds. The average molecular weight is 520 g/mol. The fourth-order valence-electron chi connectivity index (χ4n) is 3.92. The van der Waals surface area contributed by atoms with Crippen molar-refractivity contribution in [3.05, 3.63) is 65.0 Å². The Bertz CT molecular complexity index is 1430. The van der Waals surface area contributed by atoms with Gasteiger partial charge in [0.1, 0.15) is 17.2 Å². The van der Waals surface area contributed by atoms with E-state index < -0.39 is 6.10 Å². The Morgan fingerprint density at radius 3 is 2.57 bits per heavy atom. The quantitative estimate of drug-likeness (QED) is 0.351. The van der Waals surface area contributed by atoms with Crippen molar-refractivity contribution in [2.45, 2.75) is 33.3 Å². The first-order valence-corrected chi connectivity index (χ1v) is 12.7. The van der Waals surface area contributed by atoms with E-state index in [-0.39, 0.29) is 11.8 Å². The van der Waals surface area contributed by atoms with Crippen LogP contribution in [0.4, 0.5) is 5.13 Å². The topological polar surface area (TPSA) is 120 Å². The number of nitrogens with zero attached hydrogens (tertiary/aromatic N) is 4. The van der Waals surface area contributed by atoms with Crippen molar-refractivity contribution in [2.24, 2.45) is 0 Å². The van der Waals surface area contributed by atoms with Gasteiger partial charge in [0.2, 0.25) is 11.8 Å². The summed E-state index contributed by atoms with van der Waals surface area (Å²) in [7, 11) is 0. The monoisotopic (exact) mass is 519 g/mol. The van der Waals surface area contributed by atoms with Gasteiger partial charge < -0.3 is 18.8 Å². The van der Waals surface area contributed by atoms with E-state index in [2.05, 4.69) is 20.5 Å². The number of nitrogens with one attached hydrogen (secondary N) is 1. The highest BCUT2D eigenvalue weighted by Crippen LogP contribution is 2.31. The number of ether oxygens (including phenoxy) is 2. The molecular formula is C26H25N5O5S. The van der Waals surface area contributed by atoms with Crippen LogP contribution in [-0.4, -0.2) is 51.1 Å². The fourth-order valence-corrected chi connectivity index (χ4v) is 4.61. The normalized spacial score (nSPS) is 15.2. The second-order valence-corrected chi connectivity index (χ2v) is 9.37. The molecular weight excluding hydrogens is 494 g/mol. The van der Waals surface area contributed by atoms with E-state index >= 15 is 0 Å². The number of hydrogen-bond donors (Lipinski definition) is 1. The number of likely N-dealkylation sites (tertiary alicyclic amines) is 1. The van der Waals surface area contributed by atoms with Crippen LogP contribution in [-0.2, 0) is 4.79 Å². The molecule has 3 heterocycles. The van der Waals surface area contributed by atoms with Crippen LogP contribution in [0.25, 0.3) is 11.5 Å². The summed E-state index contributed by atoms with van der Waals surface area (Å²) in [5, 5.41) is 13.0. The van der Waals surface area contributed by atoms with Gasteiger partial charge in [0.15, 0.2) is 11.2 Å². The van der Waals surface area contributed by atoms with Crippen LogP contribution in [0.5, 0.6) is 17.2 Å². The van der Waals surface area contributed by atoms with Crippen LogP contribution < -0.4 is 14.8 Å². The Morgan fingerprint density at radius 1 is 1.14 bits per heavy atom. The predicted molar refractivity (Wildman–Crippen MR) is 137 cm³/mol. The highest BCUT2D eigenvalue weighted by Gasteiger charge is 2.32. The van der Waals surface area contributed by atoms with Gasteiger partial charge in [-0.15, -0.1) is 21.5 Å². The minimum absolute atomic E-state index is 0.0649. The summed E-state index contributed by atoms with van der Waals surface area (Å²) in [5.41, 5.74) is 1.89. The first kappa shape index (κ1) is 24.4. The van der Waals surface area contributed by atoms with Gasteiger partial charge in [-0.2, -0.15) is 0 Å². The number of thiazole rings is 1. The number of carbonyl (C=O) groups is 2. The lowest BCUT2D eigenvalue weighted by Crippen LogP contribution is -2.32. The molecule has 1 saturated heterocycles. The molecule has 1 fully saturated rings. The second-order valence-electron chi connectivity index (χ2n) is 8.51. The van der Waals surface area contributed by atoms with E-state index in [9.17, 15) is 9.59 Å². The zero-order chi connectivity index (χ0) is 25.9. The number of hydrogen-bond acceptors (Lipinski definition) is 9. The molecule has 4 aromatic rings. The van der Waals surface area contributed by atoms with Gasteiger partial charge in [0, 0.05) is 49.0 Å². The zero-order valence-corrected chi connectivity index (χ0v) is 21.4. The van der Waals surface area contributed by atoms with E-state index in [1.54, 1.807) is 54.3 Å². The SMILES string of the molecule is CCN1CC[C@@H](Oc2cc(Oc3ccc(-c4nnc(C)o4)cc3)cc(C(=O)Nc3nc(C)cs3)c2)C1=O. The van der Waals surface area contributed by atoms with Crippen LogP contribution in [0.15, 0.2) is 52.3 Å². The lowest BCUT2D eigenvalue weighted by atomic mass is 10.1. The van der Waals surface area contributed by atoms with Crippen LogP contribution >= 0.6 is 11.3 Å². The molecule has 0 spiro atoms. The number of benzene rings is 2. The third-order valence-electron chi connectivity index (χ3n) is 5.75. The minimum atomic E-state index is -0.607. The van der Waals surface area contributed by atoms with Crippen molar-refractivity contribution in [1.82, 2.24) is 20.1 Å². The Morgan fingerprint density at radius 2 is 1.92 bits per heavy atom. The maximum atomic E-state index is 13.0. The first-order valence-electron chi connectivity index (χ1n) is 11.8. The number of rotatable bonds is 8. The van der Waals surface area contributed by atoms with Crippen molar-refractivity contribution >= 4 is 28.3 Å². The van der Waals surface area contributed by atoms with E-state index in [0.717, 1.165) is 11.3 Å². The highest BCUT2D eigenvalue weighted by atomic mass is 32.1. The summed E-state index contributed by atoms with van der Waals surface area (Å²) in [6.07, 6.45) is -0.0289. The molecule has 1 aliphatic heterocycles. The van der Waals surface area contributed by atoms with Crippen molar-refractivity contribution in [3.63, 3.8) is 0 Å². The molecule has 2 aromatic carbocycles. The number of aryl methyl sites for hydroxylation is 2. The largest absolute Gasteiger partial charge is 0.480 e. The summed E-state index contributed by atoms with van der Waals surface area (Å²) in [4.78, 5) is 31.7. The maximum absolute atomic E-state index is 13.0. The second kappa shape index (κ2) is 10.4. The van der Waals surface area contributed by atoms with Gasteiger partial charge in [0.05, 0.1) is 5.69 Å². The van der Waals surface area contributed by atoms with Gasteiger partial charge >= 0.3 is 0 Å². The molecule has 0 saturated carbocycles. The molecule has 37 heavy (non-hydrogen) atoms. The molecule has 5 rings (SSSR count). The van der Waals surface area contributed by atoms with Crippen molar-refractivity contribution < 1.29 is 23.5 Å². The van der Waals surface area contributed by atoms with Crippen molar-refractivity contribution in [1.29, 1.82) is 0 Å². The van der Waals surface area contributed by atoms with Crippen LogP contribution in [0.1, 0.15) is 35.3 Å². The summed E-state index contributed by atoms with van der Waals surface area (Å²) in [6.45, 7) is 6.78. The lowest BCUT2D eigenvalue weighted by Gasteiger charge is -2.16. The Hall–Kier alpha value is -4.25.